The summed E-state index contributed by atoms with van der Waals surface area (Å²) >= 11 is 1.04. The average molecular weight is 396 g/mol. The number of nitrogens with one attached hydrogen (secondary N) is 2. The van der Waals surface area contributed by atoms with Crippen molar-refractivity contribution in [1.29, 1.82) is 0 Å². The molecule has 0 aliphatic rings. The highest BCUT2D eigenvalue weighted by Crippen LogP contribution is 2.16. The number of urea groups is 1. The lowest BCUT2D eigenvalue weighted by Gasteiger charge is -2.07. The number of ether oxygens (including phenoxy) is 1. The minimum Gasteiger partial charge on any atom is -0.486 e. The molecule has 4 N–H and O–H groups in total. The summed E-state index contributed by atoms with van der Waals surface area (Å²) in [4.78, 5) is 23.3. The van der Waals surface area contributed by atoms with Crippen LogP contribution in [-0.4, -0.2) is 39.1 Å². The summed E-state index contributed by atoms with van der Waals surface area (Å²) in [5, 5.41) is 12.9. The smallest absolute Gasteiger partial charge is 0.321 e. The first-order valence-electron chi connectivity index (χ1n) is 8.27. The molecular weight excluding hydrogens is 375 g/mol. The van der Waals surface area contributed by atoms with Crippen molar-refractivity contribution in [2.24, 2.45) is 0 Å². The molecule has 0 unspecified atom stereocenters. The van der Waals surface area contributed by atoms with Crippen LogP contribution in [0.2, 0.25) is 0 Å². The van der Waals surface area contributed by atoms with Gasteiger partial charge >= 0.3 is 6.03 Å². The van der Waals surface area contributed by atoms with Gasteiger partial charge in [-0.2, -0.15) is 0 Å². The molecule has 0 saturated carbocycles. The van der Waals surface area contributed by atoms with E-state index in [1.54, 1.807) is 0 Å². The van der Waals surface area contributed by atoms with Crippen LogP contribution >= 0.6 is 11.8 Å². The summed E-state index contributed by atoms with van der Waals surface area (Å²) < 4.78 is 19.5. The number of thioether (sulfide) groups is 1. The Morgan fingerprint density at radius 1 is 1.30 bits per heavy atom. The first-order chi connectivity index (χ1) is 13.0. The van der Waals surface area contributed by atoms with Gasteiger partial charge in [0.2, 0.25) is 11.1 Å². The van der Waals surface area contributed by atoms with E-state index in [0.717, 1.165) is 24.6 Å². The molecule has 2 rings (SSSR count). The highest BCUT2D eigenvalue weighted by molar-refractivity contribution is 7.99. The summed E-state index contributed by atoms with van der Waals surface area (Å²) in [5.74, 6) is 5.79. The summed E-state index contributed by atoms with van der Waals surface area (Å²) in [6.45, 7) is 2.54. The molecule has 0 bridgehead atoms. The molecular formula is C16H21FN6O3S. The van der Waals surface area contributed by atoms with Crippen molar-refractivity contribution in [3.05, 3.63) is 35.9 Å². The number of rotatable bonds is 9. The van der Waals surface area contributed by atoms with Crippen LogP contribution in [0.15, 0.2) is 29.4 Å². The van der Waals surface area contributed by atoms with Gasteiger partial charge in [0.15, 0.2) is 5.82 Å². The maximum absolute atomic E-state index is 12.9. The summed E-state index contributed by atoms with van der Waals surface area (Å²) in [6.07, 6.45) is 1.79. The van der Waals surface area contributed by atoms with Crippen LogP contribution in [0.4, 0.5) is 9.18 Å². The van der Waals surface area contributed by atoms with E-state index < -0.39 is 11.9 Å². The number of halogens is 1. The van der Waals surface area contributed by atoms with Crippen molar-refractivity contribution in [3.63, 3.8) is 0 Å². The van der Waals surface area contributed by atoms with Gasteiger partial charge in [-0.15, -0.1) is 10.2 Å². The highest BCUT2D eigenvalue weighted by atomic mass is 32.2. The van der Waals surface area contributed by atoms with Gasteiger partial charge in [0.05, 0.1) is 5.75 Å². The van der Waals surface area contributed by atoms with Gasteiger partial charge in [0.25, 0.3) is 0 Å². The van der Waals surface area contributed by atoms with E-state index in [1.807, 2.05) is 6.92 Å². The number of nitrogens with two attached hydrogens (primary N) is 1. The lowest BCUT2D eigenvalue weighted by Crippen LogP contribution is -2.40. The van der Waals surface area contributed by atoms with Crippen molar-refractivity contribution in [2.45, 2.75) is 31.5 Å². The molecule has 27 heavy (non-hydrogen) atoms. The fourth-order valence-electron chi connectivity index (χ4n) is 1.90. The molecule has 0 aliphatic carbocycles. The van der Waals surface area contributed by atoms with Gasteiger partial charge < -0.3 is 15.9 Å². The van der Waals surface area contributed by atoms with E-state index in [9.17, 15) is 14.0 Å². The summed E-state index contributed by atoms with van der Waals surface area (Å²) in [6, 6.07) is 4.99. The van der Waals surface area contributed by atoms with Gasteiger partial charge in [-0.1, -0.05) is 25.1 Å². The third kappa shape index (κ3) is 6.77. The van der Waals surface area contributed by atoms with Gasteiger partial charge in [-0.3, -0.25) is 10.1 Å². The molecule has 0 atom stereocenters. The maximum atomic E-state index is 12.9. The van der Waals surface area contributed by atoms with E-state index in [2.05, 4.69) is 20.8 Å². The SMILES string of the molecule is CCCCNC(=O)NC(=O)CSc1nnc(COc2ccc(F)cc2)n1N. The van der Waals surface area contributed by atoms with Crippen molar-refractivity contribution < 1.29 is 18.7 Å². The molecule has 1 aromatic carbocycles. The summed E-state index contributed by atoms with van der Waals surface area (Å²) in [5.41, 5.74) is 0. The number of nitrogen functional groups attached to an aromatic ring is 1. The van der Waals surface area contributed by atoms with E-state index in [-0.39, 0.29) is 18.2 Å². The van der Waals surface area contributed by atoms with Crippen LogP contribution in [0, 0.1) is 5.82 Å². The van der Waals surface area contributed by atoms with E-state index >= 15 is 0 Å². The molecule has 11 heteroatoms. The average Bonchev–Trinajstić information content (AvgIpc) is 2.99. The zero-order valence-electron chi connectivity index (χ0n) is 14.8. The Hall–Kier alpha value is -2.82. The topological polar surface area (TPSA) is 124 Å². The monoisotopic (exact) mass is 396 g/mol. The van der Waals surface area contributed by atoms with E-state index in [0.29, 0.717) is 23.3 Å². The number of hydrogen-bond acceptors (Lipinski definition) is 7. The fourth-order valence-corrected chi connectivity index (χ4v) is 2.57. The highest BCUT2D eigenvalue weighted by Gasteiger charge is 2.14. The number of carbonyl (C=O) groups is 2. The molecule has 0 radical (unpaired) electrons. The molecule has 0 saturated heterocycles. The summed E-state index contributed by atoms with van der Waals surface area (Å²) in [7, 11) is 0. The van der Waals surface area contributed by atoms with E-state index in [4.69, 9.17) is 10.6 Å². The van der Waals surface area contributed by atoms with Gasteiger partial charge in [-0.25, -0.2) is 13.9 Å². The lowest BCUT2D eigenvalue weighted by atomic mass is 10.3. The maximum Gasteiger partial charge on any atom is 0.321 e. The predicted molar refractivity (Wildman–Crippen MR) is 98.1 cm³/mol. The van der Waals surface area contributed by atoms with Crippen molar-refractivity contribution >= 4 is 23.7 Å². The first kappa shape index (κ1) is 20.5. The number of benzene rings is 1. The second-order valence-electron chi connectivity index (χ2n) is 5.46. The molecule has 0 aliphatic heterocycles. The number of nitrogens with zero attached hydrogens (tertiary/aromatic N) is 3. The Labute approximate surface area is 159 Å². The van der Waals surface area contributed by atoms with Crippen LogP contribution in [0.3, 0.4) is 0 Å². The second kappa shape index (κ2) is 10.4. The second-order valence-corrected chi connectivity index (χ2v) is 6.40. The van der Waals surface area contributed by atoms with Crippen LogP contribution in [0.5, 0.6) is 5.75 Å². The Bertz CT molecular complexity index is 768. The third-order valence-electron chi connectivity index (χ3n) is 3.32. The third-order valence-corrected chi connectivity index (χ3v) is 4.26. The Morgan fingerprint density at radius 3 is 2.74 bits per heavy atom. The minimum atomic E-state index is -0.531. The normalized spacial score (nSPS) is 10.4. The number of amides is 3. The van der Waals surface area contributed by atoms with Crippen molar-refractivity contribution in [2.75, 3.05) is 18.1 Å². The number of hydrogen-bond donors (Lipinski definition) is 3. The molecule has 0 fully saturated rings. The van der Waals surface area contributed by atoms with Crippen LogP contribution < -0.4 is 21.2 Å². The quantitative estimate of drug-likeness (QED) is 0.333. The molecule has 0 spiro atoms. The van der Waals surface area contributed by atoms with Gasteiger partial charge in [-0.05, 0) is 30.7 Å². The van der Waals surface area contributed by atoms with E-state index in [1.165, 1.54) is 28.9 Å². The molecule has 2 aromatic rings. The Kier molecular flexibility index (Phi) is 7.86. The van der Waals surface area contributed by atoms with Crippen molar-refractivity contribution in [3.8, 4) is 5.75 Å². The fraction of sp³-hybridized carbons (Fsp3) is 0.375. The predicted octanol–water partition coefficient (Wildman–Crippen LogP) is 1.43. The van der Waals surface area contributed by atoms with Gasteiger partial charge in [0.1, 0.15) is 18.2 Å². The zero-order valence-corrected chi connectivity index (χ0v) is 15.6. The number of unbranched alkanes of at least 4 members (excludes halogenated alkanes) is 1. The van der Waals surface area contributed by atoms with Gasteiger partial charge in [0, 0.05) is 6.54 Å². The zero-order chi connectivity index (χ0) is 19.6. The lowest BCUT2D eigenvalue weighted by molar-refractivity contribution is -0.117. The molecule has 9 nitrogen and oxygen atoms in total. The van der Waals surface area contributed by atoms with Crippen LogP contribution in [0.1, 0.15) is 25.6 Å². The minimum absolute atomic E-state index is 0.0295. The van der Waals surface area contributed by atoms with Crippen LogP contribution in [-0.2, 0) is 11.4 Å². The molecule has 3 amide bonds. The molecule has 1 aromatic heterocycles. The number of aromatic nitrogens is 3. The van der Waals surface area contributed by atoms with Crippen molar-refractivity contribution in [1.82, 2.24) is 25.5 Å². The molecule has 1 heterocycles. The largest absolute Gasteiger partial charge is 0.486 e. The Balaban J connectivity index is 1.78. The molecule has 146 valence electrons. The standard InChI is InChI=1S/C16H21FN6O3S/c1-2-3-8-19-15(25)20-14(24)10-27-16-22-21-13(23(16)18)9-26-12-6-4-11(17)5-7-12/h4-7H,2-3,8-10,18H2,1H3,(H2,19,20,24,25). The first-order valence-corrected chi connectivity index (χ1v) is 9.26. The number of carbonyl (C=O) groups excluding carboxylic acids is 2. The van der Waals surface area contributed by atoms with Crippen LogP contribution in [0.25, 0.3) is 0 Å². The Morgan fingerprint density at radius 2 is 2.04 bits per heavy atom. The number of imide groups is 1.